The van der Waals surface area contributed by atoms with Crippen LogP contribution < -0.4 is 5.43 Å². The molecule has 4 nitrogen and oxygen atoms in total. The molecule has 1 aliphatic heterocycles. The SMILES string of the molecule is CCCOC(=O)c1cc(=O)c2c([nH]1)-c1cc(Cl)ccc1SC2. The van der Waals surface area contributed by atoms with E-state index in [0.29, 0.717) is 28.6 Å². The number of fused-ring (bicyclic) bond motifs is 3. The van der Waals surface area contributed by atoms with Crippen molar-refractivity contribution in [1.29, 1.82) is 0 Å². The van der Waals surface area contributed by atoms with Crippen LogP contribution in [0.1, 0.15) is 29.4 Å². The van der Waals surface area contributed by atoms with Crippen molar-refractivity contribution < 1.29 is 9.53 Å². The van der Waals surface area contributed by atoms with Gasteiger partial charge >= 0.3 is 5.97 Å². The maximum absolute atomic E-state index is 12.3. The lowest BCUT2D eigenvalue weighted by Gasteiger charge is -2.19. The largest absolute Gasteiger partial charge is 0.461 e. The number of hydrogen-bond donors (Lipinski definition) is 1. The first-order valence-electron chi connectivity index (χ1n) is 6.96. The van der Waals surface area contributed by atoms with Gasteiger partial charge in [-0.3, -0.25) is 4.79 Å². The molecule has 0 bridgehead atoms. The summed E-state index contributed by atoms with van der Waals surface area (Å²) in [6, 6.07) is 6.85. The van der Waals surface area contributed by atoms with Crippen molar-refractivity contribution in [2.75, 3.05) is 6.61 Å². The monoisotopic (exact) mass is 335 g/mol. The van der Waals surface area contributed by atoms with Gasteiger partial charge in [0.1, 0.15) is 5.69 Å². The zero-order chi connectivity index (χ0) is 15.7. The van der Waals surface area contributed by atoms with E-state index in [-0.39, 0.29) is 11.1 Å². The average Bonchev–Trinajstić information content (AvgIpc) is 2.52. The molecular weight excluding hydrogens is 322 g/mol. The quantitative estimate of drug-likeness (QED) is 0.865. The molecule has 6 heteroatoms. The van der Waals surface area contributed by atoms with Crippen LogP contribution >= 0.6 is 23.4 Å². The summed E-state index contributed by atoms with van der Waals surface area (Å²) in [5.41, 5.74) is 2.19. The Morgan fingerprint density at radius 2 is 2.23 bits per heavy atom. The molecular formula is C16H14ClNO3S. The Balaban J connectivity index is 2.11. The van der Waals surface area contributed by atoms with Gasteiger partial charge in [0.25, 0.3) is 0 Å². The molecule has 0 amide bonds. The van der Waals surface area contributed by atoms with Gasteiger partial charge in [0.15, 0.2) is 5.43 Å². The molecule has 0 atom stereocenters. The summed E-state index contributed by atoms with van der Waals surface area (Å²) < 4.78 is 5.09. The van der Waals surface area contributed by atoms with E-state index in [1.54, 1.807) is 17.8 Å². The molecule has 1 aromatic carbocycles. The standard InChI is InChI=1S/C16H14ClNO3S/c1-2-5-21-16(20)12-7-13(19)11-8-22-14-4-3-9(17)6-10(14)15(11)18-12/h3-4,6-7H,2,5,8H2,1H3,(H,18,19). The number of aromatic amines is 1. The lowest BCUT2D eigenvalue weighted by atomic mass is 10.0. The third kappa shape index (κ3) is 2.78. The number of pyridine rings is 1. The molecule has 0 spiro atoms. The fourth-order valence-corrected chi connectivity index (χ4v) is 3.56. The third-order valence-corrected chi connectivity index (χ3v) is 4.71. The Bertz CT molecular complexity index is 800. The van der Waals surface area contributed by atoms with Crippen LogP contribution in [0, 0.1) is 0 Å². The van der Waals surface area contributed by atoms with Crippen LogP contribution in [-0.2, 0) is 10.5 Å². The highest BCUT2D eigenvalue weighted by molar-refractivity contribution is 7.98. The molecule has 3 rings (SSSR count). The number of benzene rings is 1. The number of thioether (sulfide) groups is 1. The van der Waals surface area contributed by atoms with Crippen LogP contribution in [0.25, 0.3) is 11.3 Å². The van der Waals surface area contributed by atoms with E-state index in [1.165, 1.54) is 6.07 Å². The Kier molecular flexibility index (Phi) is 4.27. The van der Waals surface area contributed by atoms with Crippen molar-refractivity contribution in [3.63, 3.8) is 0 Å². The number of carbonyl (C=O) groups excluding carboxylic acids is 1. The first-order valence-corrected chi connectivity index (χ1v) is 8.32. The summed E-state index contributed by atoms with van der Waals surface area (Å²) in [4.78, 5) is 28.4. The number of esters is 1. The summed E-state index contributed by atoms with van der Waals surface area (Å²) >= 11 is 7.65. The highest BCUT2D eigenvalue weighted by Gasteiger charge is 2.22. The van der Waals surface area contributed by atoms with Crippen LogP contribution in [0.4, 0.5) is 0 Å². The normalized spacial score (nSPS) is 12.5. The Morgan fingerprint density at radius 3 is 3.00 bits per heavy atom. The van der Waals surface area contributed by atoms with E-state index in [0.717, 1.165) is 16.9 Å². The number of hydrogen-bond acceptors (Lipinski definition) is 4. The molecule has 2 aromatic rings. The third-order valence-electron chi connectivity index (χ3n) is 3.37. The second kappa shape index (κ2) is 6.18. The average molecular weight is 336 g/mol. The molecule has 0 radical (unpaired) electrons. The number of rotatable bonds is 3. The van der Waals surface area contributed by atoms with Crippen LogP contribution in [0.15, 0.2) is 34.0 Å². The summed E-state index contributed by atoms with van der Waals surface area (Å²) in [5.74, 6) is 0.0624. The van der Waals surface area contributed by atoms with Gasteiger partial charge in [-0.05, 0) is 24.6 Å². The van der Waals surface area contributed by atoms with E-state index in [1.807, 2.05) is 19.1 Å². The van der Waals surface area contributed by atoms with Gasteiger partial charge in [0, 0.05) is 32.9 Å². The van der Waals surface area contributed by atoms with Crippen LogP contribution in [-0.4, -0.2) is 17.6 Å². The molecule has 0 saturated carbocycles. The van der Waals surface area contributed by atoms with E-state index < -0.39 is 5.97 Å². The topological polar surface area (TPSA) is 59.2 Å². The minimum Gasteiger partial charge on any atom is -0.461 e. The number of halogens is 1. The molecule has 0 saturated heterocycles. The van der Waals surface area contributed by atoms with Gasteiger partial charge in [-0.25, -0.2) is 4.79 Å². The second-order valence-electron chi connectivity index (χ2n) is 4.97. The number of aromatic nitrogens is 1. The fourth-order valence-electron chi connectivity index (χ4n) is 2.32. The summed E-state index contributed by atoms with van der Waals surface area (Å²) in [5, 5.41) is 0.590. The molecule has 22 heavy (non-hydrogen) atoms. The molecule has 1 aromatic heterocycles. The molecule has 1 N–H and O–H groups in total. The number of ether oxygens (including phenoxy) is 1. The van der Waals surface area contributed by atoms with Crippen LogP contribution in [0.3, 0.4) is 0 Å². The molecule has 0 aliphatic carbocycles. The van der Waals surface area contributed by atoms with Gasteiger partial charge < -0.3 is 9.72 Å². The molecule has 1 aliphatic rings. The first-order chi connectivity index (χ1) is 10.6. The highest BCUT2D eigenvalue weighted by atomic mass is 35.5. The minimum absolute atomic E-state index is 0.157. The van der Waals surface area contributed by atoms with Crippen LogP contribution in [0.2, 0.25) is 5.02 Å². The Hall–Kier alpha value is -1.72. The van der Waals surface area contributed by atoms with E-state index >= 15 is 0 Å². The van der Waals surface area contributed by atoms with Gasteiger partial charge in [0.2, 0.25) is 0 Å². The van der Waals surface area contributed by atoms with Crippen molar-refractivity contribution in [2.24, 2.45) is 0 Å². The van der Waals surface area contributed by atoms with Gasteiger partial charge in [-0.2, -0.15) is 0 Å². The molecule has 114 valence electrons. The molecule has 0 fully saturated rings. The molecule has 2 heterocycles. The van der Waals surface area contributed by atoms with E-state index in [4.69, 9.17) is 16.3 Å². The Labute approximate surface area is 136 Å². The van der Waals surface area contributed by atoms with E-state index in [9.17, 15) is 9.59 Å². The van der Waals surface area contributed by atoms with Crippen molar-refractivity contribution in [2.45, 2.75) is 24.0 Å². The van der Waals surface area contributed by atoms with Crippen molar-refractivity contribution in [1.82, 2.24) is 4.98 Å². The summed E-state index contributed by atoms with van der Waals surface area (Å²) in [6.07, 6.45) is 0.732. The van der Waals surface area contributed by atoms with Crippen molar-refractivity contribution in [3.05, 3.63) is 50.8 Å². The van der Waals surface area contributed by atoms with Crippen molar-refractivity contribution in [3.8, 4) is 11.3 Å². The van der Waals surface area contributed by atoms with E-state index in [2.05, 4.69) is 4.98 Å². The highest BCUT2D eigenvalue weighted by Crippen LogP contribution is 2.40. The van der Waals surface area contributed by atoms with Gasteiger partial charge in [-0.15, -0.1) is 11.8 Å². The molecule has 0 unspecified atom stereocenters. The zero-order valence-corrected chi connectivity index (χ0v) is 13.5. The number of H-pyrrole nitrogens is 1. The predicted molar refractivity (Wildman–Crippen MR) is 87.6 cm³/mol. The lowest BCUT2D eigenvalue weighted by Crippen LogP contribution is -2.19. The number of carbonyl (C=O) groups is 1. The number of nitrogens with one attached hydrogen (secondary N) is 1. The van der Waals surface area contributed by atoms with Crippen LogP contribution in [0.5, 0.6) is 0 Å². The first kappa shape index (κ1) is 15.2. The zero-order valence-electron chi connectivity index (χ0n) is 11.9. The second-order valence-corrected chi connectivity index (χ2v) is 6.42. The smallest absolute Gasteiger partial charge is 0.354 e. The predicted octanol–water partition coefficient (Wildman–Crippen LogP) is 3.87. The van der Waals surface area contributed by atoms with Gasteiger partial charge in [-0.1, -0.05) is 18.5 Å². The maximum Gasteiger partial charge on any atom is 0.354 e. The Morgan fingerprint density at radius 1 is 1.41 bits per heavy atom. The summed E-state index contributed by atoms with van der Waals surface area (Å²) in [7, 11) is 0. The fraction of sp³-hybridized carbons (Fsp3) is 0.250. The lowest BCUT2D eigenvalue weighted by molar-refractivity contribution is 0.0498. The van der Waals surface area contributed by atoms with Crippen molar-refractivity contribution >= 4 is 29.3 Å². The van der Waals surface area contributed by atoms with Gasteiger partial charge in [0.05, 0.1) is 12.3 Å². The maximum atomic E-state index is 12.3. The summed E-state index contributed by atoms with van der Waals surface area (Å²) in [6.45, 7) is 2.24. The minimum atomic E-state index is -0.511.